The number of aryl methyl sites for hydroxylation is 2. The largest absolute Gasteiger partial charge is 0.465 e. The van der Waals surface area contributed by atoms with Gasteiger partial charge in [0.05, 0.1) is 6.54 Å². The first-order valence-electron chi connectivity index (χ1n) is 6.46. The van der Waals surface area contributed by atoms with Crippen LogP contribution in [0.1, 0.15) is 11.5 Å². The summed E-state index contributed by atoms with van der Waals surface area (Å²) in [5.41, 5.74) is 2.09. The number of hydrogen-bond acceptors (Lipinski definition) is 4. The summed E-state index contributed by atoms with van der Waals surface area (Å²) in [6.45, 7) is 2.62. The second-order valence-electron chi connectivity index (χ2n) is 4.71. The molecule has 102 valence electrons. The van der Waals surface area contributed by atoms with E-state index in [1.807, 2.05) is 54.9 Å². The molecule has 0 atom stereocenters. The van der Waals surface area contributed by atoms with E-state index in [0.29, 0.717) is 6.54 Å². The maximum atomic E-state index is 5.52. The van der Waals surface area contributed by atoms with Gasteiger partial charge in [0, 0.05) is 18.3 Å². The number of anilines is 1. The van der Waals surface area contributed by atoms with Crippen LogP contribution in [0.25, 0.3) is 11.4 Å². The molecule has 0 radical (unpaired) electrons. The molecule has 0 saturated heterocycles. The summed E-state index contributed by atoms with van der Waals surface area (Å²) < 4.78 is 7.42. The Hall–Kier alpha value is -2.56. The van der Waals surface area contributed by atoms with Crippen molar-refractivity contribution >= 4 is 5.69 Å². The fourth-order valence-electron chi connectivity index (χ4n) is 2.05. The summed E-state index contributed by atoms with van der Waals surface area (Å²) in [6, 6.07) is 12.1. The van der Waals surface area contributed by atoms with Crippen LogP contribution in [0.2, 0.25) is 0 Å². The first-order chi connectivity index (χ1) is 9.72. The van der Waals surface area contributed by atoms with Gasteiger partial charge in [-0.2, -0.15) is 0 Å². The lowest BCUT2D eigenvalue weighted by molar-refractivity contribution is 0.490. The molecule has 3 rings (SSSR count). The first-order valence-corrected chi connectivity index (χ1v) is 6.46. The van der Waals surface area contributed by atoms with Crippen molar-refractivity contribution in [1.29, 1.82) is 0 Å². The van der Waals surface area contributed by atoms with E-state index in [0.717, 1.165) is 28.6 Å². The minimum absolute atomic E-state index is 0.678. The molecule has 0 amide bonds. The van der Waals surface area contributed by atoms with Gasteiger partial charge in [-0.1, -0.05) is 0 Å². The van der Waals surface area contributed by atoms with Crippen molar-refractivity contribution in [2.45, 2.75) is 13.5 Å². The Morgan fingerprint density at radius 2 is 1.95 bits per heavy atom. The molecule has 0 aliphatic heterocycles. The Bertz CT molecular complexity index is 697. The van der Waals surface area contributed by atoms with E-state index in [4.69, 9.17) is 4.42 Å². The van der Waals surface area contributed by atoms with E-state index < -0.39 is 0 Å². The Morgan fingerprint density at radius 1 is 1.15 bits per heavy atom. The summed E-state index contributed by atoms with van der Waals surface area (Å²) in [7, 11) is 1.93. The van der Waals surface area contributed by atoms with E-state index in [-0.39, 0.29) is 0 Å². The van der Waals surface area contributed by atoms with E-state index in [9.17, 15) is 0 Å². The van der Waals surface area contributed by atoms with E-state index in [1.54, 1.807) is 6.33 Å². The molecular weight excluding hydrogens is 252 g/mol. The highest BCUT2D eigenvalue weighted by molar-refractivity contribution is 5.59. The van der Waals surface area contributed by atoms with Crippen molar-refractivity contribution in [1.82, 2.24) is 14.8 Å². The third-order valence-corrected chi connectivity index (χ3v) is 3.12. The molecule has 2 aromatic heterocycles. The Kier molecular flexibility index (Phi) is 3.25. The van der Waals surface area contributed by atoms with Gasteiger partial charge in [-0.3, -0.25) is 0 Å². The average molecular weight is 268 g/mol. The quantitative estimate of drug-likeness (QED) is 0.790. The normalized spacial score (nSPS) is 10.7. The number of benzene rings is 1. The van der Waals surface area contributed by atoms with Crippen molar-refractivity contribution in [2.24, 2.45) is 7.05 Å². The molecule has 1 N–H and O–H groups in total. The van der Waals surface area contributed by atoms with Crippen LogP contribution in [0.5, 0.6) is 0 Å². The average Bonchev–Trinajstić information content (AvgIpc) is 3.06. The number of aromatic nitrogens is 3. The van der Waals surface area contributed by atoms with Crippen LogP contribution < -0.4 is 5.32 Å². The van der Waals surface area contributed by atoms with Gasteiger partial charge in [-0.05, 0) is 43.3 Å². The highest BCUT2D eigenvalue weighted by Crippen LogP contribution is 2.19. The molecule has 0 spiro atoms. The summed E-state index contributed by atoms with van der Waals surface area (Å²) in [5.74, 6) is 2.72. The minimum atomic E-state index is 0.678. The van der Waals surface area contributed by atoms with E-state index in [2.05, 4.69) is 15.5 Å². The van der Waals surface area contributed by atoms with Crippen LogP contribution in [-0.2, 0) is 13.6 Å². The van der Waals surface area contributed by atoms with Crippen molar-refractivity contribution in [2.75, 3.05) is 5.32 Å². The number of rotatable bonds is 4. The Balaban J connectivity index is 1.69. The van der Waals surface area contributed by atoms with Crippen molar-refractivity contribution in [3.8, 4) is 11.4 Å². The molecule has 5 nitrogen and oxygen atoms in total. The molecule has 0 saturated carbocycles. The topological polar surface area (TPSA) is 55.9 Å². The number of nitrogens with zero attached hydrogens (tertiary/aromatic N) is 3. The zero-order valence-corrected chi connectivity index (χ0v) is 11.5. The minimum Gasteiger partial charge on any atom is -0.465 e. The van der Waals surface area contributed by atoms with E-state index >= 15 is 0 Å². The van der Waals surface area contributed by atoms with Gasteiger partial charge in [0.25, 0.3) is 0 Å². The lowest BCUT2D eigenvalue weighted by Crippen LogP contribution is -1.98. The van der Waals surface area contributed by atoms with Crippen molar-refractivity contribution in [3.05, 3.63) is 54.2 Å². The molecule has 0 aliphatic rings. The zero-order chi connectivity index (χ0) is 13.9. The second kappa shape index (κ2) is 5.21. The third kappa shape index (κ3) is 2.56. The highest BCUT2D eigenvalue weighted by Gasteiger charge is 2.04. The van der Waals surface area contributed by atoms with Crippen LogP contribution in [0, 0.1) is 6.92 Å². The summed E-state index contributed by atoms with van der Waals surface area (Å²) >= 11 is 0. The number of hydrogen-bond donors (Lipinski definition) is 1. The maximum Gasteiger partial charge on any atom is 0.163 e. The smallest absolute Gasteiger partial charge is 0.163 e. The van der Waals surface area contributed by atoms with Gasteiger partial charge in [-0.15, -0.1) is 10.2 Å². The molecular formula is C15H16N4O. The van der Waals surface area contributed by atoms with Gasteiger partial charge < -0.3 is 14.3 Å². The van der Waals surface area contributed by atoms with E-state index in [1.165, 1.54) is 0 Å². The molecule has 1 aromatic carbocycles. The number of nitrogens with one attached hydrogen (secondary N) is 1. The summed E-state index contributed by atoms with van der Waals surface area (Å²) in [5, 5.41) is 11.3. The predicted octanol–water partition coefficient (Wildman–Crippen LogP) is 3.00. The monoisotopic (exact) mass is 268 g/mol. The Labute approximate surface area is 117 Å². The summed E-state index contributed by atoms with van der Waals surface area (Å²) in [6.07, 6.45) is 1.70. The summed E-state index contributed by atoms with van der Waals surface area (Å²) in [4.78, 5) is 0. The lowest BCUT2D eigenvalue weighted by Gasteiger charge is -2.06. The molecule has 3 aromatic rings. The van der Waals surface area contributed by atoms with Crippen LogP contribution >= 0.6 is 0 Å². The standard InChI is InChI=1S/C15H16N4O/c1-11-3-8-14(20-11)9-16-13-6-4-12(5-7-13)15-18-17-10-19(15)2/h3-8,10,16H,9H2,1-2H3. The van der Waals surface area contributed by atoms with Crippen molar-refractivity contribution in [3.63, 3.8) is 0 Å². The second-order valence-corrected chi connectivity index (χ2v) is 4.71. The predicted molar refractivity (Wildman–Crippen MR) is 77.2 cm³/mol. The van der Waals surface area contributed by atoms with Gasteiger partial charge >= 0.3 is 0 Å². The molecule has 0 unspecified atom stereocenters. The molecule has 5 heteroatoms. The van der Waals surface area contributed by atoms with Gasteiger partial charge in [0.1, 0.15) is 17.8 Å². The molecule has 0 fully saturated rings. The molecule has 20 heavy (non-hydrogen) atoms. The molecule has 0 bridgehead atoms. The third-order valence-electron chi connectivity index (χ3n) is 3.12. The number of furan rings is 1. The van der Waals surface area contributed by atoms with Gasteiger partial charge in [-0.25, -0.2) is 0 Å². The van der Waals surface area contributed by atoms with Crippen LogP contribution in [-0.4, -0.2) is 14.8 Å². The SMILES string of the molecule is Cc1ccc(CNc2ccc(-c3nncn3C)cc2)o1. The highest BCUT2D eigenvalue weighted by atomic mass is 16.3. The van der Waals surface area contributed by atoms with Crippen LogP contribution in [0.3, 0.4) is 0 Å². The fraction of sp³-hybridized carbons (Fsp3) is 0.200. The van der Waals surface area contributed by atoms with Crippen LogP contribution in [0.4, 0.5) is 5.69 Å². The molecule has 2 heterocycles. The van der Waals surface area contributed by atoms with Crippen LogP contribution in [0.15, 0.2) is 47.1 Å². The zero-order valence-electron chi connectivity index (χ0n) is 11.5. The maximum absolute atomic E-state index is 5.52. The van der Waals surface area contributed by atoms with Gasteiger partial charge in [0.2, 0.25) is 0 Å². The fourth-order valence-corrected chi connectivity index (χ4v) is 2.05. The first kappa shape index (κ1) is 12.5. The van der Waals surface area contributed by atoms with Gasteiger partial charge in [0.15, 0.2) is 5.82 Å². The lowest BCUT2D eigenvalue weighted by atomic mass is 10.2. The Morgan fingerprint density at radius 3 is 2.55 bits per heavy atom. The van der Waals surface area contributed by atoms with Crippen molar-refractivity contribution < 1.29 is 4.42 Å². The molecule has 0 aliphatic carbocycles.